The first kappa shape index (κ1) is 32.0. The maximum Gasteiger partial charge on any atom is 0.250 e. The first-order valence-corrected chi connectivity index (χ1v) is 14.5. The third-order valence-corrected chi connectivity index (χ3v) is 8.03. The molecule has 224 valence electrons. The molecule has 0 aliphatic rings. The number of carbonyl (C=O) groups is 3. The Bertz CT molecular complexity index is 1690. The molecule has 13 heteroatoms. The van der Waals surface area contributed by atoms with Crippen LogP contribution < -0.4 is 20.3 Å². The molecule has 0 fully saturated rings. The second kappa shape index (κ2) is 14.5. The molecule has 4 rings (SSSR count). The Morgan fingerprint density at radius 1 is 1.12 bits per heavy atom. The third-order valence-electron chi connectivity index (χ3n) is 6.30. The zero-order valence-corrected chi connectivity index (χ0v) is 26.6. The number of halogens is 3. The third kappa shape index (κ3) is 7.94. The molecule has 0 aliphatic carbocycles. The molecule has 0 saturated carbocycles. The molecule has 2 aromatic heterocycles. The van der Waals surface area contributed by atoms with E-state index in [1.807, 2.05) is 23.6 Å². The van der Waals surface area contributed by atoms with Crippen molar-refractivity contribution in [1.29, 1.82) is 0 Å². The average molecular weight is 689 g/mol. The largest absolute Gasteiger partial charge is 0.485 e. The average Bonchev–Trinajstić information content (AvgIpc) is 3.28. The normalized spacial score (nSPS) is 11.1. The number of likely N-dealkylation sites (N-methyl/N-ethyl adjacent to an activating group) is 1. The van der Waals surface area contributed by atoms with E-state index in [2.05, 4.69) is 31.5 Å². The lowest BCUT2D eigenvalue weighted by atomic mass is 10.2. The Labute approximate surface area is 266 Å². The number of aryl methyl sites for hydroxylation is 1. The second-order valence-electron chi connectivity index (χ2n) is 9.31. The summed E-state index contributed by atoms with van der Waals surface area (Å²) in [5.74, 6) is -0.572. The fourth-order valence-electron chi connectivity index (χ4n) is 4.02. The minimum atomic E-state index is -0.453. The number of methoxy groups -OCH3 is 1. The summed E-state index contributed by atoms with van der Waals surface area (Å²) in [7, 11) is 3.00. The van der Waals surface area contributed by atoms with Crippen LogP contribution in [0.15, 0.2) is 65.4 Å². The predicted molar refractivity (Wildman–Crippen MR) is 171 cm³/mol. The second-order valence-corrected chi connectivity index (χ2v) is 10.8. The van der Waals surface area contributed by atoms with E-state index in [0.717, 1.165) is 15.9 Å². The standard InChI is InChI=1S/C30H28BrCl2N5O5/c1-18-29(31)38-14-4-5-24(30(38)35-18)43-16-21-22(32)11-12-23(28(21)33)37(2)27(41)15-34-25(39)13-8-19-6-9-20(10-7-19)36-26(40)17-42-3/h4-14H,15-17H2,1-3H3,(H,34,39)(H,36,40). The number of ether oxygens (including phenoxy) is 2. The van der Waals surface area contributed by atoms with Crippen LogP contribution in [0.2, 0.25) is 10.0 Å². The van der Waals surface area contributed by atoms with Crippen LogP contribution in [0.3, 0.4) is 0 Å². The van der Waals surface area contributed by atoms with Crippen molar-refractivity contribution in [3.8, 4) is 5.75 Å². The summed E-state index contributed by atoms with van der Waals surface area (Å²) in [4.78, 5) is 42.8. The van der Waals surface area contributed by atoms with Gasteiger partial charge in [-0.15, -0.1) is 0 Å². The highest BCUT2D eigenvalue weighted by atomic mass is 79.9. The lowest BCUT2D eigenvalue weighted by Gasteiger charge is -2.21. The summed E-state index contributed by atoms with van der Waals surface area (Å²) in [5, 5.41) is 5.90. The molecule has 10 nitrogen and oxygen atoms in total. The topological polar surface area (TPSA) is 114 Å². The van der Waals surface area contributed by atoms with Gasteiger partial charge in [0.15, 0.2) is 11.4 Å². The van der Waals surface area contributed by atoms with Gasteiger partial charge in [-0.3, -0.25) is 18.8 Å². The highest BCUT2D eigenvalue weighted by Gasteiger charge is 2.20. The number of nitrogens with one attached hydrogen (secondary N) is 2. The quantitative estimate of drug-likeness (QED) is 0.197. The number of benzene rings is 2. The van der Waals surface area contributed by atoms with E-state index >= 15 is 0 Å². The van der Waals surface area contributed by atoms with Gasteiger partial charge in [0.2, 0.25) is 17.7 Å². The van der Waals surface area contributed by atoms with Crippen LogP contribution in [0.25, 0.3) is 11.7 Å². The smallest absolute Gasteiger partial charge is 0.250 e. The maximum atomic E-state index is 12.9. The zero-order valence-electron chi connectivity index (χ0n) is 23.5. The molecule has 2 N–H and O–H groups in total. The lowest BCUT2D eigenvalue weighted by Crippen LogP contribution is -2.37. The van der Waals surface area contributed by atoms with Crippen molar-refractivity contribution in [2.75, 3.05) is 37.5 Å². The Kier molecular flexibility index (Phi) is 10.8. The van der Waals surface area contributed by atoms with Crippen molar-refractivity contribution in [3.63, 3.8) is 0 Å². The zero-order chi connectivity index (χ0) is 31.1. The highest BCUT2D eigenvalue weighted by molar-refractivity contribution is 9.10. The molecule has 0 bridgehead atoms. The van der Waals surface area contributed by atoms with E-state index in [-0.39, 0.29) is 30.7 Å². The van der Waals surface area contributed by atoms with E-state index in [0.29, 0.717) is 33.4 Å². The molecule has 0 aliphatic heterocycles. The van der Waals surface area contributed by atoms with Crippen LogP contribution in [-0.4, -0.2) is 54.4 Å². The monoisotopic (exact) mass is 687 g/mol. The summed E-state index contributed by atoms with van der Waals surface area (Å²) in [5.41, 5.74) is 3.70. The minimum Gasteiger partial charge on any atom is -0.485 e. The van der Waals surface area contributed by atoms with Crippen LogP contribution in [-0.2, 0) is 25.7 Å². The summed E-state index contributed by atoms with van der Waals surface area (Å²) in [6, 6.07) is 13.8. The van der Waals surface area contributed by atoms with Crippen LogP contribution in [0.5, 0.6) is 5.75 Å². The van der Waals surface area contributed by atoms with Crippen LogP contribution in [0.4, 0.5) is 11.4 Å². The first-order valence-electron chi connectivity index (χ1n) is 12.9. The Morgan fingerprint density at radius 2 is 1.86 bits per heavy atom. The minimum absolute atomic E-state index is 0.0404. The molecule has 4 aromatic rings. The SMILES string of the molecule is COCC(=O)Nc1ccc(C=CC(=O)NCC(=O)N(C)c2ccc(Cl)c(COc3cccn4c(Br)c(C)nc34)c2Cl)cc1. The number of amides is 3. The van der Waals surface area contributed by atoms with E-state index in [9.17, 15) is 14.4 Å². The molecule has 0 spiro atoms. The Hall–Kier alpha value is -3.90. The Balaban J connectivity index is 1.35. The number of aromatic nitrogens is 2. The molecule has 2 aromatic carbocycles. The molecule has 0 saturated heterocycles. The van der Waals surface area contributed by atoms with Gasteiger partial charge in [0.25, 0.3) is 0 Å². The lowest BCUT2D eigenvalue weighted by molar-refractivity contribution is -0.122. The van der Waals surface area contributed by atoms with Crippen molar-refractivity contribution < 1.29 is 23.9 Å². The number of hydrogen-bond acceptors (Lipinski definition) is 6. The summed E-state index contributed by atoms with van der Waals surface area (Å²) in [6.45, 7) is 1.62. The fourth-order valence-corrected chi connectivity index (χ4v) is 5.00. The van der Waals surface area contributed by atoms with Gasteiger partial charge in [0.1, 0.15) is 17.8 Å². The summed E-state index contributed by atoms with van der Waals surface area (Å²) in [6.07, 6.45) is 4.78. The van der Waals surface area contributed by atoms with Gasteiger partial charge >= 0.3 is 0 Å². The number of nitrogens with zero attached hydrogens (tertiary/aromatic N) is 3. The predicted octanol–water partition coefficient (Wildman–Crippen LogP) is 5.67. The fraction of sp³-hybridized carbons (Fsp3) is 0.200. The molecular formula is C30H28BrCl2N5O5. The van der Waals surface area contributed by atoms with E-state index < -0.39 is 11.8 Å². The van der Waals surface area contributed by atoms with Gasteiger partial charge in [-0.1, -0.05) is 35.3 Å². The molecule has 0 unspecified atom stereocenters. The number of hydrogen-bond donors (Lipinski definition) is 2. The van der Waals surface area contributed by atoms with E-state index in [1.165, 1.54) is 18.1 Å². The molecule has 2 heterocycles. The van der Waals surface area contributed by atoms with Gasteiger partial charge < -0.3 is 25.0 Å². The summed E-state index contributed by atoms with van der Waals surface area (Å²) >= 11 is 16.7. The van der Waals surface area contributed by atoms with Gasteiger partial charge in [0, 0.05) is 42.7 Å². The maximum absolute atomic E-state index is 12.9. The van der Waals surface area contributed by atoms with Crippen LogP contribution in [0, 0.1) is 6.92 Å². The van der Waals surface area contributed by atoms with Crippen molar-refractivity contribution in [1.82, 2.24) is 14.7 Å². The van der Waals surface area contributed by atoms with Gasteiger partial charge in [-0.25, -0.2) is 4.98 Å². The van der Waals surface area contributed by atoms with E-state index in [1.54, 1.807) is 55.6 Å². The van der Waals surface area contributed by atoms with E-state index in [4.69, 9.17) is 32.7 Å². The number of fused-ring (bicyclic) bond motifs is 1. The van der Waals surface area contributed by atoms with Gasteiger partial charge in [-0.05, 0) is 70.9 Å². The molecule has 0 radical (unpaired) electrons. The highest BCUT2D eigenvalue weighted by Crippen LogP contribution is 2.35. The number of anilines is 2. The van der Waals surface area contributed by atoms with Crippen LogP contribution >= 0.6 is 39.1 Å². The molecular weight excluding hydrogens is 661 g/mol. The number of pyridine rings is 1. The van der Waals surface area contributed by atoms with Crippen molar-refractivity contribution in [2.24, 2.45) is 0 Å². The molecule has 43 heavy (non-hydrogen) atoms. The number of imidazole rings is 1. The molecule has 0 atom stereocenters. The van der Waals surface area contributed by atoms with Gasteiger partial charge in [-0.2, -0.15) is 0 Å². The van der Waals surface area contributed by atoms with Crippen LogP contribution in [0.1, 0.15) is 16.8 Å². The first-order chi connectivity index (χ1) is 20.6. The van der Waals surface area contributed by atoms with Crippen molar-refractivity contribution in [3.05, 3.63) is 92.3 Å². The summed E-state index contributed by atoms with van der Waals surface area (Å²) < 4.78 is 13.5. The Morgan fingerprint density at radius 3 is 2.58 bits per heavy atom. The number of carbonyl (C=O) groups excluding carboxylic acids is 3. The molecule has 3 amide bonds. The number of rotatable bonds is 11. The van der Waals surface area contributed by atoms with Gasteiger partial charge in [0.05, 0.1) is 22.9 Å². The van der Waals surface area contributed by atoms with Crippen molar-refractivity contribution in [2.45, 2.75) is 13.5 Å². The van der Waals surface area contributed by atoms with Crippen molar-refractivity contribution >= 4 is 80.0 Å².